The van der Waals surface area contributed by atoms with Crippen LogP contribution in [0.4, 0.5) is 0 Å². The lowest BCUT2D eigenvalue weighted by molar-refractivity contribution is -0.158. The molecule has 2 aromatic carbocycles. The largest absolute Gasteiger partial charge is 0.466 e. The van der Waals surface area contributed by atoms with Crippen molar-refractivity contribution >= 4 is 29.3 Å². The van der Waals surface area contributed by atoms with Gasteiger partial charge in [0.2, 0.25) is 0 Å². The highest BCUT2D eigenvalue weighted by Gasteiger charge is 2.45. The topological polar surface area (TPSA) is 63.7 Å². The molecular formula is C24H26ClNO4. The molecule has 1 aliphatic rings. The number of nitrogens with zero attached hydrogens (tertiary/aromatic N) is 1. The number of hydrogen-bond donors (Lipinski definition) is 0. The van der Waals surface area contributed by atoms with Crippen molar-refractivity contribution in [3.05, 3.63) is 70.2 Å². The van der Waals surface area contributed by atoms with Gasteiger partial charge in [-0.25, -0.2) is 0 Å². The maximum atomic E-state index is 13.1. The first-order valence-corrected chi connectivity index (χ1v) is 10.5. The van der Waals surface area contributed by atoms with E-state index in [9.17, 15) is 14.4 Å². The first kappa shape index (κ1) is 22.0. The zero-order chi connectivity index (χ0) is 21.7. The molecule has 0 aliphatic carbocycles. The summed E-state index contributed by atoms with van der Waals surface area (Å²) in [6.07, 6.45) is 1.81. The van der Waals surface area contributed by atoms with Gasteiger partial charge in [-0.2, -0.15) is 0 Å². The molecule has 1 saturated heterocycles. The molecule has 3 rings (SSSR count). The van der Waals surface area contributed by atoms with Crippen LogP contribution >= 0.6 is 11.6 Å². The van der Waals surface area contributed by atoms with Crippen LogP contribution in [-0.4, -0.2) is 42.3 Å². The van der Waals surface area contributed by atoms with Crippen molar-refractivity contribution in [2.24, 2.45) is 5.41 Å². The molecule has 1 aliphatic heterocycles. The number of ether oxygens (including phenoxy) is 1. The highest BCUT2D eigenvalue weighted by atomic mass is 35.5. The number of halogens is 1. The van der Waals surface area contributed by atoms with Crippen LogP contribution in [-0.2, 0) is 16.0 Å². The third kappa shape index (κ3) is 4.90. The summed E-state index contributed by atoms with van der Waals surface area (Å²) in [6, 6.07) is 14.1. The van der Waals surface area contributed by atoms with Crippen molar-refractivity contribution in [3.63, 3.8) is 0 Å². The van der Waals surface area contributed by atoms with E-state index >= 15 is 0 Å². The minimum absolute atomic E-state index is 0.0465. The molecule has 0 unspecified atom stereocenters. The van der Waals surface area contributed by atoms with Crippen molar-refractivity contribution in [1.29, 1.82) is 0 Å². The molecule has 0 N–H and O–H groups in total. The molecule has 2 aromatic rings. The van der Waals surface area contributed by atoms with Gasteiger partial charge in [0.1, 0.15) is 0 Å². The van der Waals surface area contributed by atoms with Crippen molar-refractivity contribution in [2.75, 3.05) is 19.7 Å². The second kappa shape index (κ2) is 9.43. The molecular weight excluding hydrogens is 402 g/mol. The molecule has 6 heteroatoms. The van der Waals surface area contributed by atoms with E-state index in [0.717, 1.165) is 5.56 Å². The Hall–Kier alpha value is -2.66. The summed E-state index contributed by atoms with van der Waals surface area (Å²) in [5, 5.41) is 0.612. The fraction of sp³-hybridized carbons (Fsp3) is 0.375. The quantitative estimate of drug-likeness (QED) is 0.500. The molecule has 5 nitrogen and oxygen atoms in total. The van der Waals surface area contributed by atoms with E-state index in [1.807, 2.05) is 18.2 Å². The normalized spacial score (nSPS) is 18.7. The summed E-state index contributed by atoms with van der Waals surface area (Å²) in [6.45, 7) is 4.42. The average molecular weight is 428 g/mol. The molecule has 158 valence electrons. The van der Waals surface area contributed by atoms with Gasteiger partial charge >= 0.3 is 5.97 Å². The summed E-state index contributed by atoms with van der Waals surface area (Å²) in [5.41, 5.74) is 1.19. The maximum absolute atomic E-state index is 13.1. The number of benzene rings is 2. The van der Waals surface area contributed by atoms with Crippen molar-refractivity contribution in [2.45, 2.75) is 33.1 Å². The number of likely N-dealkylation sites (tertiary alicyclic amines) is 1. The Balaban J connectivity index is 1.86. The third-order valence-electron chi connectivity index (χ3n) is 5.54. The smallest absolute Gasteiger partial charge is 0.314 e. The first-order chi connectivity index (χ1) is 14.3. The molecule has 1 heterocycles. The van der Waals surface area contributed by atoms with E-state index in [4.69, 9.17) is 16.3 Å². The fourth-order valence-electron chi connectivity index (χ4n) is 4.04. The second-order valence-corrected chi connectivity index (χ2v) is 8.21. The van der Waals surface area contributed by atoms with Gasteiger partial charge in [-0.05, 0) is 62.9 Å². The van der Waals surface area contributed by atoms with E-state index in [1.54, 1.807) is 42.2 Å². The van der Waals surface area contributed by atoms with Crippen molar-refractivity contribution in [1.82, 2.24) is 4.90 Å². The standard InChI is InChI=1S/C24H26ClNO4/c1-3-30-23(29)24(15-18-6-4-7-21(25)14-18)12-5-13-26(16-24)22(28)20-10-8-19(9-11-20)17(2)27/h4,6-11,14H,3,5,12-13,15-16H2,1-2H3/t24-/m1/s1. The van der Waals surface area contributed by atoms with E-state index in [1.165, 1.54) is 6.92 Å². The lowest BCUT2D eigenvalue weighted by Gasteiger charge is -2.41. The Morgan fingerprint density at radius 3 is 2.43 bits per heavy atom. The van der Waals surface area contributed by atoms with Gasteiger partial charge in [0.15, 0.2) is 5.78 Å². The van der Waals surface area contributed by atoms with Gasteiger partial charge in [-0.1, -0.05) is 35.9 Å². The van der Waals surface area contributed by atoms with Crippen LogP contribution in [0, 0.1) is 5.41 Å². The number of piperidine rings is 1. The lowest BCUT2D eigenvalue weighted by Crippen LogP contribution is -2.51. The summed E-state index contributed by atoms with van der Waals surface area (Å²) in [5.74, 6) is -0.478. The van der Waals surface area contributed by atoms with Crippen LogP contribution in [0.2, 0.25) is 5.02 Å². The Bertz CT molecular complexity index is 940. The Kier molecular flexibility index (Phi) is 6.93. The van der Waals surface area contributed by atoms with Crippen molar-refractivity contribution in [3.8, 4) is 0 Å². The Morgan fingerprint density at radius 2 is 1.80 bits per heavy atom. The van der Waals surface area contributed by atoms with Crippen LogP contribution in [0.1, 0.15) is 53.0 Å². The monoisotopic (exact) mass is 427 g/mol. The number of rotatable bonds is 6. The van der Waals surface area contributed by atoms with Crippen molar-refractivity contribution < 1.29 is 19.1 Å². The predicted octanol–water partition coefficient (Wildman–Crippen LogP) is 4.57. The number of Topliss-reactive ketones (excluding diaryl/α,β-unsaturated/α-hetero) is 1. The average Bonchev–Trinajstić information content (AvgIpc) is 2.73. The minimum atomic E-state index is -0.812. The Morgan fingerprint density at radius 1 is 1.10 bits per heavy atom. The highest BCUT2D eigenvalue weighted by Crippen LogP contribution is 2.36. The number of amides is 1. The van der Waals surface area contributed by atoms with Gasteiger partial charge in [0.25, 0.3) is 5.91 Å². The summed E-state index contributed by atoms with van der Waals surface area (Å²) in [7, 11) is 0. The third-order valence-corrected chi connectivity index (χ3v) is 5.78. The summed E-state index contributed by atoms with van der Waals surface area (Å²) >= 11 is 6.14. The molecule has 0 bridgehead atoms. The molecule has 30 heavy (non-hydrogen) atoms. The van der Waals surface area contributed by atoms with Gasteiger partial charge in [0.05, 0.1) is 12.0 Å². The number of carbonyl (C=O) groups is 3. The van der Waals surface area contributed by atoms with Gasteiger partial charge in [-0.3, -0.25) is 14.4 Å². The lowest BCUT2D eigenvalue weighted by atomic mass is 9.75. The maximum Gasteiger partial charge on any atom is 0.314 e. The molecule has 0 aromatic heterocycles. The Labute approximate surface area is 182 Å². The number of esters is 1. The molecule has 1 amide bonds. The SMILES string of the molecule is CCOC(=O)[C@@]1(Cc2cccc(Cl)c2)CCCN(C(=O)c2ccc(C(C)=O)cc2)C1. The molecule has 0 spiro atoms. The van der Waals surface area contributed by atoms with Crippen LogP contribution < -0.4 is 0 Å². The molecule has 0 radical (unpaired) electrons. The fourth-order valence-corrected chi connectivity index (χ4v) is 4.25. The van der Waals surface area contributed by atoms with E-state index < -0.39 is 5.41 Å². The van der Waals surface area contributed by atoms with Crippen LogP contribution in [0.5, 0.6) is 0 Å². The minimum Gasteiger partial charge on any atom is -0.466 e. The highest BCUT2D eigenvalue weighted by molar-refractivity contribution is 6.30. The predicted molar refractivity (Wildman–Crippen MR) is 116 cm³/mol. The van der Waals surface area contributed by atoms with Gasteiger partial charge < -0.3 is 9.64 Å². The van der Waals surface area contributed by atoms with E-state index in [0.29, 0.717) is 42.0 Å². The zero-order valence-electron chi connectivity index (χ0n) is 17.3. The molecule has 0 saturated carbocycles. The van der Waals surface area contributed by atoms with Crippen LogP contribution in [0.3, 0.4) is 0 Å². The van der Waals surface area contributed by atoms with Gasteiger partial charge in [-0.15, -0.1) is 0 Å². The second-order valence-electron chi connectivity index (χ2n) is 7.77. The summed E-state index contributed by atoms with van der Waals surface area (Å²) in [4.78, 5) is 39.3. The van der Waals surface area contributed by atoms with Gasteiger partial charge in [0, 0.05) is 29.2 Å². The zero-order valence-corrected chi connectivity index (χ0v) is 18.1. The van der Waals surface area contributed by atoms with E-state index in [-0.39, 0.29) is 30.8 Å². The van der Waals surface area contributed by atoms with E-state index in [2.05, 4.69) is 0 Å². The first-order valence-electron chi connectivity index (χ1n) is 10.2. The van der Waals surface area contributed by atoms with Crippen LogP contribution in [0.15, 0.2) is 48.5 Å². The number of ketones is 1. The summed E-state index contributed by atoms with van der Waals surface area (Å²) < 4.78 is 5.42. The molecule has 1 fully saturated rings. The molecule has 1 atom stereocenters. The van der Waals surface area contributed by atoms with Crippen LogP contribution in [0.25, 0.3) is 0 Å². The number of hydrogen-bond acceptors (Lipinski definition) is 4. The number of carbonyl (C=O) groups excluding carboxylic acids is 3.